The number of hydrogen-bond acceptors (Lipinski definition) is 4. The minimum atomic E-state index is -0.147. The van der Waals surface area contributed by atoms with Gasteiger partial charge >= 0.3 is 0 Å². The van der Waals surface area contributed by atoms with Gasteiger partial charge in [-0.05, 0) is 37.8 Å². The van der Waals surface area contributed by atoms with Crippen molar-refractivity contribution in [3.63, 3.8) is 0 Å². The van der Waals surface area contributed by atoms with E-state index in [0.29, 0.717) is 41.2 Å². The van der Waals surface area contributed by atoms with Crippen LogP contribution in [0.15, 0.2) is 12.1 Å². The number of likely N-dealkylation sites (tertiary alicyclic amines) is 1. The Morgan fingerprint density at radius 1 is 1.20 bits per heavy atom. The molecule has 1 atom stereocenters. The molecule has 0 radical (unpaired) electrons. The van der Waals surface area contributed by atoms with Crippen LogP contribution in [0.4, 0.5) is 0 Å². The van der Waals surface area contributed by atoms with E-state index in [4.69, 9.17) is 21.1 Å². The van der Waals surface area contributed by atoms with Gasteiger partial charge in [-0.15, -0.1) is 0 Å². The molecule has 1 heterocycles. The Balaban J connectivity index is 1.73. The maximum absolute atomic E-state index is 12.9. The Morgan fingerprint density at radius 3 is 2.60 bits per heavy atom. The molecule has 1 aliphatic heterocycles. The maximum Gasteiger partial charge on any atom is 0.254 e. The normalized spacial score (nSPS) is 20.1. The predicted octanol–water partition coefficient (Wildman–Crippen LogP) is 2.49. The number of benzene rings is 1. The number of nitrogens with one attached hydrogen (secondary N) is 1. The van der Waals surface area contributed by atoms with Gasteiger partial charge in [0, 0.05) is 24.7 Å². The summed E-state index contributed by atoms with van der Waals surface area (Å²) < 4.78 is 10.5. The predicted molar refractivity (Wildman–Crippen MR) is 94.3 cm³/mol. The van der Waals surface area contributed by atoms with E-state index in [2.05, 4.69) is 5.32 Å². The molecule has 0 unspecified atom stereocenters. The summed E-state index contributed by atoms with van der Waals surface area (Å²) in [5, 5.41) is 3.36. The van der Waals surface area contributed by atoms with Gasteiger partial charge < -0.3 is 19.7 Å². The molecule has 136 valence electrons. The lowest BCUT2D eigenvalue weighted by Crippen LogP contribution is -2.45. The molecule has 7 heteroatoms. The second kappa shape index (κ2) is 7.52. The number of hydrogen-bond donors (Lipinski definition) is 1. The number of carbonyl (C=O) groups excluding carboxylic acids is 2. The third-order valence-corrected chi connectivity index (χ3v) is 4.96. The fourth-order valence-electron chi connectivity index (χ4n) is 3.15. The zero-order valence-electron chi connectivity index (χ0n) is 14.5. The maximum atomic E-state index is 12.9. The van der Waals surface area contributed by atoms with Crippen molar-refractivity contribution in [1.29, 1.82) is 0 Å². The number of carbonyl (C=O) groups is 2. The van der Waals surface area contributed by atoms with Crippen LogP contribution in [-0.4, -0.2) is 50.1 Å². The largest absolute Gasteiger partial charge is 0.493 e. The molecule has 3 rings (SSSR count). The van der Waals surface area contributed by atoms with Crippen LogP contribution in [0, 0.1) is 5.92 Å². The summed E-state index contributed by atoms with van der Waals surface area (Å²) in [4.78, 5) is 26.9. The molecule has 2 aliphatic rings. The molecule has 1 saturated carbocycles. The van der Waals surface area contributed by atoms with Crippen molar-refractivity contribution in [2.75, 3.05) is 27.3 Å². The van der Waals surface area contributed by atoms with Crippen LogP contribution >= 0.6 is 11.6 Å². The van der Waals surface area contributed by atoms with E-state index in [1.165, 1.54) is 14.2 Å². The lowest BCUT2D eigenvalue weighted by Gasteiger charge is -2.32. The van der Waals surface area contributed by atoms with Gasteiger partial charge in [0.05, 0.1) is 25.2 Å². The van der Waals surface area contributed by atoms with Crippen molar-refractivity contribution in [2.24, 2.45) is 5.92 Å². The van der Waals surface area contributed by atoms with Crippen LogP contribution in [0.5, 0.6) is 11.5 Å². The molecule has 1 aliphatic carbocycles. The van der Waals surface area contributed by atoms with Crippen molar-refractivity contribution in [3.05, 3.63) is 22.7 Å². The Kier molecular flexibility index (Phi) is 5.37. The number of nitrogens with zero attached hydrogens (tertiary/aromatic N) is 1. The highest BCUT2D eigenvalue weighted by Crippen LogP contribution is 2.36. The van der Waals surface area contributed by atoms with Gasteiger partial charge in [-0.3, -0.25) is 9.59 Å². The summed E-state index contributed by atoms with van der Waals surface area (Å²) in [7, 11) is 3.00. The molecule has 1 saturated heterocycles. The van der Waals surface area contributed by atoms with E-state index in [1.54, 1.807) is 17.0 Å². The molecule has 0 bridgehead atoms. The van der Waals surface area contributed by atoms with Crippen molar-refractivity contribution in [3.8, 4) is 11.5 Å². The van der Waals surface area contributed by atoms with Gasteiger partial charge in [-0.2, -0.15) is 0 Å². The van der Waals surface area contributed by atoms with E-state index in [-0.39, 0.29) is 17.7 Å². The van der Waals surface area contributed by atoms with Crippen molar-refractivity contribution in [1.82, 2.24) is 10.2 Å². The van der Waals surface area contributed by atoms with Crippen LogP contribution in [0.2, 0.25) is 5.02 Å². The molecule has 2 fully saturated rings. The van der Waals surface area contributed by atoms with E-state index in [1.807, 2.05) is 0 Å². The molecular weight excluding hydrogens is 344 g/mol. The molecule has 1 aromatic rings. The fraction of sp³-hybridized carbons (Fsp3) is 0.556. The van der Waals surface area contributed by atoms with Crippen LogP contribution in [0.1, 0.15) is 36.0 Å². The first-order chi connectivity index (χ1) is 12.0. The molecule has 1 N–H and O–H groups in total. The summed E-state index contributed by atoms with van der Waals surface area (Å²) in [5.41, 5.74) is 0.436. The highest BCUT2D eigenvalue weighted by atomic mass is 35.5. The van der Waals surface area contributed by atoms with Crippen LogP contribution in [0.3, 0.4) is 0 Å². The average molecular weight is 367 g/mol. The molecule has 6 nitrogen and oxygen atoms in total. The Labute approximate surface area is 152 Å². The molecule has 25 heavy (non-hydrogen) atoms. The third-order valence-electron chi connectivity index (χ3n) is 4.68. The molecule has 0 spiro atoms. The van der Waals surface area contributed by atoms with Gasteiger partial charge in [0.15, 0.2) is 11.5 Å². The molecule has 0 aromatic heterocycles. The highest BCUT2D eigenvalue weighted by Gasteiger charge is 2.32. The van der Waals surface area contributed by atoms with Gasteiger partial charge in [-0.25, -0.2) is 0 Å². The smallest absolute Gasteiger partial charge is 0.254 e. The first-order valence-corrected chi connectivity index (χ1v) is 8.92. The summed E-state index contributed by atoms with van der Waals surface area (Å²) in [6.07, 6.45) is 3.75. The van der Waals surface area contributed by atoms with Gasteiger partial charge in [0.1, 0.15) is 0 Å². The van der Waals surface area contributed by atoms with Crippen molar-refractivity contribution in [2.45, 2.75) is 31.7 Å². The van der Waals surface area contributed by atoms with E-state index < -0.39 is 0 Å². The van der Waals surface area contributed by atoms with Crippen LogP contribution in [0.25, 0.3) is 0 Å². The zero-order valence-corrected chi connectivity index (χ0v) is 15.3. The first-order valence-electron chi connectivity index (χ1n) is 8.54. The molecule has 2 amide bonds. The number of amides is 2. The Hall–Kier alpha value is -1.95. The van der Waals surface area contributed by atoms with Gasteiger partial charge in [-0.1, -0.05) is 11.6 Å². The first kappa shape index (κ1) is 17.9. The van der Waals surface area contributed by atoms with E-state index in [9.17, 15) is 9.59 Å². The highest BCUT2D eigenvalue weighted by molar-refractivity contribution is 6.32. The number of ether oxygens (including phenoxy) is 2. The average Bonchev–Trinajstić information content (AvgIpc) is 3.44. The van der Waals surface area contributed by atoms with Crippen LogP contribution in [-0.2, 0) is 4.79 Å². The minimum Gasteiger partial charge on any atom is -0.493 e. The monoisotopic (exact) mass is 366 g/mol. The molecule has 1 aromatic carbocycles. The lowest BCUT2D eigenvalue weighted by atomic mass is 9.96. The Morgan fingerprint density at radius 2 is 1.96 bits per heavy atom. The molecular formula is C18H23ClN2O4. The van der Waals surface area contributed by atoms with E-state index >= 15 is 0 Å². The topological polar surface area (TPSA) is 67.9 Å². The number of methoxy groups -OCH3 is 2. The third kappa shape index (κ3) is 4.00. The second-order valence-corrected chi connectivity index (χ2v) is 6.97. The number of piperidine rings is 1. The minimum absolute atomic E-state index is 0.0605. The quantitative estimate of drug-likeness (QED) is 0.869. The number of halogens is 1. The van der Waals surface area contributed by atoms with Crippen LogP contribution < -0.4 is 14.8 Å². The Bertz CT molecular complexity index is 675. The second-order valence-electron chi connectivity index (χ2n) is 6.57. The summed E-state index contributed by atoms with van der Waals surface area (Å²) >= 11 is 6.20. The summed E-state index contributed by atoms with van der Waals surface area (Å²) in [6.45, 7) is 1.07. The zero-order chi connectivity index (χ0) is 18.0. The standard InChI is InChI=1S/C18H23ClN2O4/c1-24-15-9-12(8-14(19)16(15)25-2)18(23)21-7-3-4-11(10-21)17(22)20-13-5-6-13/h8-9,11,13H,3-7,10H2,1-2H3,(H,20,22)/t11-/m1/s1. The SMILES string of the molecule is COc1cc(C(=O)N2CCC[C@@H](C(=O)NC3CC3)C2)cc(Cl)c1OC. The number of rotatable bonds is 5. The van der Waals surface area contributed by atoms with Gasteiger partial charge in [0.25, 0.3) is 5.91 Å². The fourth-order valence-corrected chi connectivity index (χ4v) is 3.43. The van der Waals surface area contributed by atoms with Crippen molar-refractivity contribution >= 4 is 23.4 Å². The van der Waals surface area contributed by atoms with Gasteiger partial charge in [0.2, 0.25) is 5.91 Å². The summed E-state index contributed by atoms with van der Waals surface area (Å²) in [5.74, 6) is 0.588. The van der Waals surface area contributed by atoms with E-state index in [0.717, 1.165) is 25.7 Å². The van der Waals surface area contributed by atoms with Crippen molar-refractivity contribution < 1.29 is 19.1 Å². The summed E-state index contributed by atoms with van der Waals surface area (Å²) in [6, 6.07) is 3.54. The lowest BCUT2D eigenvalue weighted by molar-refractivity contribution is -0.126.